The van der Waals surface area contributed by atoms with E-state index in [0.29, 0.717) is 25.9 Å². The van der Waals surface area contributed by atoms with E-state index < -0.39 is 0 Å². The highest BCUT2D eigenvalue weighted by Gasteiger charge is 2.37. The van der Waals surface area contributed by atoms with Crippen molar-refractivity contribution in [1.29, 1.82) is 0 Å². The summed E-state index contributed by atoms with van der Waals surface area (Å²) in [4.78, 5) is 22.2. The van der Waals surface area contributed by atoms with Crippen molar-refractivity contribution in [3.63, 3.8) is 0 Å². The van der Waals surface area contributed by atoms with Crippen LogP contribution in [0.2, 0.25) is 0 Å². The zero-order valence-corrected chi connectivity index (χ0v) is 11.7. The van der Waals surface area contributed by atoms with Gasteiger partial charge >= 0.3 is 11.9 Å². The van der Waals surface area contributed by atoms with Crippen LogP contribution in [0.4, 0.5) is 0 Å². The summed E-state index contributed by atoms with van der Waals surface area (Å²) in [7, 11) is 0. The molecule has 0 spiro atoms. The largest absolute Gasteiger partial charge is 0.462 e. The van der Waals surface area contributed by atoms with Gasteiger partial charge in [0, 0.05) is 0 Å². The number of rotatable bonds is 6. The van der Waals surface area contributed by atoms with Crippen LogP contribution < -0.4 is 0 Å². The van der Waals surface area contributed by atoms with Gasteiger partial charge in [0.2, 0.25) is 0 Å². The molecule has 1 unspecified atom stereocenters. The van der Waals surface area contributed by atoms with Crippen molar-refractivity contribution in [3.8, 4) is 0 Å². The Morgan fingerprint density at radius 1 is 1.00 bits per heavy atom. The summed E-state index contributed by atoms with van der Waals surface area (Å²) < 4.78 is 16.1. The minimum Gasteiger partial charge on any atom is -0.462 e. The van der Waals surface area contributed by atoms with Crippen LogP contribution in [0.3, 0.4) is 0 Å². The maximum Gasteiger partial charge on any atom is 0.309 e. The van der Waals surface area contributed by atoms with Crippen molar-refractivity contribution in [3.05, 3.63) is 35.9 Å². The van der Waals surface area contributed by atoms with Gasteiger partial charge < -0.3 is 14.2 Å². The Morgan fingerprint density at radius 3 is 2.43 bits per heavy atom. The first-order chi connectivity index (χ1) is 10.2. The third kappa shape index (κ3) is 3.61. The molecule has 0 radical (unpaired) electrons. The van der Waals surface area contributed by atoms with Gasteiger partial charge in [0.25, 0.3) is 0 Å². The molecular formula is C16H18O5. The van der Waals surface area contributed by atoms with Gasteiger partial charge in [-0.1, -0.05) is 30.3 Å². The van der Waals surface area contributed by atoms with Crippen molar-refractivity contribution in [2.45, 2.75) is 50.6 Å². The molecule has 21 heavy (non-hydrogen) atoms. The fraction of sp³-hybridized carbons (Fsp3) is 0.500. The van der Waals surface area contributed by atoms with Gasteiger partial charge in [-0.05, 0) is 18.4 Å². The molecule has 0 aliphatic carbocycles. The highest BCUT2D eigenvalue weighted by molar-refractivity contribution is 5.75. The molecule has 2 heterocycles. The molecule has 3 atom stereocenters. The van der Waals surface area contributed by atoms with Crippen LogP contribution in [-0.2, 0) is 30.4 Å². The van der Waals surface area contributed by atoms with Crippen molar-refractivity contribution in [2.24, 2.45) is 0 Å². The quantitative estimate of drug-likeness (QED) is 0.750. The smallest absolute Gasteiger partial charge is 0.309 e. The fourth-order valence-electron chi connectivity index (χ4n) is 2.65. The van der Waals surface area contributed by atoms with Gasteiger partial charge in [0.05, 0.1) is 19.4 Å². The lowest BCUT2D eigenvalue weighted by Gasteiger charge is -2.27. The van der Waals surface area contributed by atoms with E-state index in [0.717, 1.165) is 12.0 Å². The average Bonchev–Trinajstić information content (AvgIpc) is 2.81. The summed E-state index contributed by atoms with van der Waals surface area (Å²) in [6, 6.07) is 9.84. The second kappa shape index (κ2) is 6.26. The molecule has 2 aliphatic heterocycles. The number of cyclic esters (lactones) is 2. The Kier molecular flexibility index (Phi) is 4.20. The van der Waals surface area contributed by atoms with Crippen LogP contribution in [0, 0.1) is 0 Å². The van der Waals surface area contributed by atoms with Crippen LogP contribution in [0.25, 0.3) is 0 Å². The van der Waals surface area contributed by atoms with Gasteiger partial charge in [-0.15, -0.1) is 0 Å². The molecule has 1 aromatic carbocycles. The van der Waals surface area contributed by atoms with Crippen molar-refractivity contribution in [2.75, 3.05) is 0 Å². The van der Waals surface area contributed by atoms with E-state index >= 15 is 0 Å². The second-order valence-electron chi connectivity index (χ2n) is 5.46. The first-order valence-corrected chi connectivity index (χ1v) is 7.25. The first-order valence-electron chi connectivity index (χ1n) is 7.25. The number of benzene rings is 1. The number of carbonyl (C=O) groups excluding carboxylic acids is 2. The van der Waals surface area contributed by atoms with E-state index in [4.69, 9.17) is 14.2 Å². The van der Waals surface area contributed by atoms with Gasteiger partial charge in [-0.2, -0.15) is 0 Å². The molecule has 5 nitrogen and oxygen atoms in total. The van der Waals surface area contributed by atoms with E-state index in [1.54, 1.807) is 0 Å². The minimum absolute atomic E-state index is 0.0217. The van der Waals surface area contributed by atoms with Crippen LogP contribution in [0.1, 0.15) is 31.2 Å². The van der Waals surface area contributed by atoms with E-state index in [2.05, 4.69) is 0 Å². The first kappa shape index (κ1) is 14.1. The van der Waals surface area contributed by atoms with Gasteiger partial charge in [-0.25, -0.2) is 0 Å². The highest BCUT2D eigenvalue weighted by atomic mass is 16.6. The summed E-state index contributed by atoms with van der Waals surface area (Å²) in [6.45, 7) is 0.469. The van der Waals surface area contributed by atoms with Crippen LogP contribution >= 0.6 is 0 Å². The Hall–Kier alpha value is -1.88. The third-order valence-corrected chi connectivity index (χ3v) is 3.84. The minimum atomic E-state index is -0.236. The number of hydrogen-bond donors (Lipinski definition) is 0. The number of ether oxygens (including phenoxy) is 3. The molecular weight excluding hydrogens is 272 g/mol. The van der Waals surface area contributed by atoms with E-state index in [1.807, 2.05) is 30.3 Å². The lowest BCUT2D eigenvalue weighted by Crippen LogP contribution is -2.34. The molecule has 2 saturated heterocycles. The van der Waals surface area contributed by atoms with Crippen LogP contribution in [0.15, 0.2) is 30.3 Å². The van der Waals surface area contributed by atoms with E-state index in [9.17, 15) is 9.59 Å². The van der Waals surface area contributed by atoms with E-state index in [-0.39, 0.29) is 30.3 Å². The standard InChI is InChI=1S/C16H18O5/c17-15-8-12(20-15)6-7-13-14(9-16(18)21-13)19-10-11-4-2-1-3-5-11/h1-5,12-14H,6-10H2/t12?,13-,14-/m0/s1. The Bertz CT molecular complexity index is 505. The topological polar surface area (TPSA) is 61.8 Å². The summed E-state index contributed by atoms with van der Waals surface area (Å²) in [5, 5.41) is 0. The summed E-state index contributed by atoms with van der Waals surface area (Å²) in [5.74, 6) is -0.371. The lowest BCUT2D eigenvalue weighted by molar-refractivity contribution is -0.171. The Balaban J connectivity index is 1.48. The van der Waals surface area contributed by atoms with Gasteiger partial charge in [0.15, 0.2) is 0 Å². The predicted octanol–water partition coefficient (Wildman–Crippen LogP) is 1.98. The lowest BCUT2D eigenvalue weighted by atomic mass is 10.0. The SMILES string of the molecule is O=C1CC(CC[C@@H]2OC(=O)C[C@@H]2OCc2ccccc2)O1. The molecule has 2 aliphatic rings. The average molecular weight is 290 g/mol. The molecule has 5 heteroatoms. The van der Waals surface area contributed by atoms with Crippen LogP contribution in [-0.4, -0.2) is 30.3 Å². The Morgan fingerprint density at radius 2 is 1.71 bits per heavy atom. The monoisotopic (exact) mass is 290 g/mol. The van der Waals surface area contributed by atoms with Gasteiger partial charge in [0.1, 0.15) is 18.3 Å². The van der Waals surface area contributed by atoms with E-state index in [1.165, 1.54) is 0 Å². The summed E-state index contributed by atoms with van der Waals surface area (Å²) >= 11 is 0. The molecule has 112 valence electrons. The van der Waals surface area contributed by atoms with Crippen molar-refractivity contribution < 1.29 is 23.8 Å². The molecule has 0 saturated carbocycles. The molecule has 1 aromatic rings. The van der Waals surface area contributed by atoms with Crippen LogP contribution in [0.5, 0.6) is 0 Å². The fourth-order valence-corrected chi connectivity index (χ4v) is 2.65. The molecule has 3 rings (SSSR count). The molecule has 0 N–H and O–H groups in total. The molecule has 2 fully saturated rings. The third-order valence-electron chi connectivity index (χ3n) is 3.84. The van der Waals surface area contributed by atoms with Crippen molar-refractivity contribution >= 4 is 11.9 Å². The molecule has 0 bridgehead atoms. The second-order valence-corrected chi connectivity index (χ2v) is 5.46. The normalized spacial score (nSPS) is 27.9. The zero-order chi connectivity index (χ0) is 14.7. The van der Waals surface area contributed by atoms with Crippen molar-refractivity contribution in [1.82, 2.24) is 0 Å². The number of esters is 2. The maximum absolute atomic E-state index is 11.5. The number of hydrogen-bond acceptors (Lipinski definition) is 5. The highest BCUT2D eigenvalue weighted by Crippen LogP contribution is 2.27. The Labute approximate surface area is 123 Å². The van der Waals surface area contributed by atoms with Gasteiger partial charge in [-0.3, -0.25) is 9.59 Å². The number of carbonyl (C=O) groups is 2. The predicted molar refractivity (Wildman–Crippen MR) is 73.2 cm³/mol. The molecule has 0 aromatic heterocycles. The zero-order valence-electron chi connectivity index (χ0n) is 11.7. The maximum atomic E-state index is 11.5. The summed E-state index contributed by atoms with van der Waals surface area (Å²) in [6.07, 6.45) is 1.68. The molecule has 0 amide bonds. The summed E-state index contributed by atoms with van der Waals surface area (Å²) in [5.41, 5.74) is 1.07.